The van der Waals surface area contributed by atoms with Crippen LogP contribution in [-0.4, -0.2) is 35.0 Å². The van der Waals surface area contributed by atoms with E-state index in [-0.39, 0.29) is 5.69 Å². The highest BCUT2D eigenvalue weighted by atomic mass is 35.5. The molecule has 21 heavy (non-hydrogen) atoms. The van der Waals surface area contributed by atoms with Crippen molar-refractivity contribution >= 4 is 23.4 Å². The summed E-state index contributed by atoms with van der Waals surface area (Å²) in [5, 5.41) is 10.9. The summed E-state index contributed by atoms with van der Waals surface area (Å²) in [6.07, 6.45) is 0. The van der Waals surface area contributed by atoms with E-state index in [1.54, 1.807) is 14.2 Å². The van der Waals surface area contributed by atoms with E-state index < -0.39 is 0 Å². The van der Waals surface area contributed by atoms with Crippen molar-refractivity contribution in [3.8, 4) is 0 Å². The van der Waals surface area contributed by atoms with Crippen molar-refractivity contribution < 1.29 is 4.74 Å². The Hall–Kier alpha value is -1.28. The van der Waals surface area contributed by atoms with Gasteiger partial charge < -0.3 is 10.1 Å². The second kappa shape index (κ2) is 7.65. The number of benzene rings is 1. The highest BCUT2D eigenvalue weighted by Crippen LogP contribution is 2.28. The van der Waals surface area contributed by atoms with Gasteiger partial charge in [-0.15, -0.1) is 5.10 Å². The molecule has 0 atom stereocenters. The van der Waals surface area contributed by atoms with Crippen LogP contribution >= 0.6 is 23.4 Å². The number of hydrogen-bond acceptors (Lipinski definition) is 5. The van der Waals surface area contributed by atoms with Crippen LogP contribution in [-0.2, 0) is 18.3 Å². The van der Waals surface area contributed by atoms with E-state index in [0.29, 0.717) is 23.3 Å². The van der Waals surface area contributed by atoms with Crippen LogP contribution in [0.4, 0.5) is 0 Å². The van der Waals surface area contributed by atoms with Crippen LogP contribution in [0.2, 0.25) is 5.02 Å². The van der Waals surface area contributed by atoms with E-state index in [9.17, 15) is 4.79 Å². The number of H-pyrrole nitrogens is 1. The average molecular weight is 329 g/mol. The number of ether oxygens (including phenoxy) is 1. The van der Waals surface area contributed by atoms with Gasteiger partial charge >= 0.3 is 5.69 Å². The lowest BCUT2D eigenvalue weighted by atomic mass is 10.2. The fourth-order valence-corrected chi connectivity index (χ4v) is 2.81. The Balaban J connectivity index is 2.01. The van der Waals surface area contributed by atoms with Crippen molar-refractivity contribution in [2.45, 2.75) is 16.6 Å². The molecule has 1 aromatic carbocycles. The molecule has 0 bridgehead atoms. The predicted molar refractivity (Wildman–Crippen MR) is 83.0 cm³/mol. The first-order valence-electron chi connectivity index (χ1n) is 6.39. The summed E-state index contributed by atoms with van der Waals surface area (Å²) in [6.45, 7) is 2.13. The average Bonchev–Trinajstić information content (AvgIpc) is 2.77. The van der Waals surface area contributed by atoms with Crippen molar-refractivity contribution in [1.29, 1.82) is 0 Å². The smallest absolute Gasteiger partial charge is 0.343 e. The van der Waals surface area contributed by atoms with Crippen molar-refractivity contribution in [3.05, 3.63) is 39.3 Å². The van der Waals surface area contributed by atoms with Crippen molar-refractivity contribution in [2.75, 3.05) is 20.3 Å². The number of hydrogen-bond donors (Lipinski definition) is 2. The number of rotatable bonds is 7. The summed E-state index contributed by atoms with van der Waals surface area (Å²) < 4.78 is 6.43. The largest absolute Gasteiger partial charge is 0.383 e. The van der Waals surface area contributed by atoms with Crippen LogP contribution in [0.3, 0.4) is 0 Å². The predicted octanol–water partition coefficient (Wildman–Crippen LogP) is 1.65. The van der Waals surface area contributed by atoms with Crippen LogP contribution < -0.4 is 11.0 Å². The van der Waals surface area contributed by atoms with Crippen molar-refractivity contribution in [2.24, 2.45) is 7.05 Å². The van der Waals surface area contributed by atoms with E-state index >= 15 is 0 Å². The monoisotopic (exact) mass is 328 g/mol. The first-order valence-corrected chi connectivity index (χ1v) is 7.58. The van der Waals surface area contributed by atoms with Crippen molar-refractivity contribution in [3.63, 3.8) is 0 Å². The van der Waals surface area contributed by atoms with E-state index in [4.69, 9.17) is 16.3 Å². The zero-order valence-corrected chi connectivity index (χ0v) is 13.4. The molecule has 0 aliphatic carbocycles. The van der Waals surface area contributed by atoms with Crippen LogP contribution in [0, 0.1) is 0 Å². The zero-order chi connectivity index (χ0) is 15.2. The minimum atomic E-state index is -0.234. The van der Waals surface area contributed by atoms with Crippen LogP contribution in [0.25, 0.3) is 0 Å². The Morgan fingerprint density at radius 3 is 2.95 bits per heavy atom. The number of aromatic amines is 1. The molecule has 0 amide bonds. The molecule has 0 fully saturated rings. The normalized spacial score (nSPS) is 11.0. The van der Waals surface area contributed by atoms with Crippen LogP contribution in [0.15, 0.2) is 33.0 Å². The highest BCUT2D eigenvalue weighted by molar-refractivity contribution is 7.99. The van der Waals surface area contributed by atoms with Gasteiger partial charge in [0, 0.05) is 37.2 Å². The molecule has 1 heterocycles. The molecule has 6 nitrogen and oxygen atoms in total. The summed E-state index contributed by atoms with van der Waals surface area (Å²) in [6, 6.07) is 5.80. The molecule has 2 aromatic rings. The molecule has 0 saturated heterocycles. The van der Waals surface area contributed by atoms with Gasteiger partial charge in [-0.05, 0) is 29.5 Å². The molecule has 2 rings (SSSR count). The van der Waals surface area contributed by atoms with E-state index in [0.717, 1.165) is 17.0 Å². The fraction of sp³-hybridized carbons (Fsp3) is 0.385. The molecule has 0 aliphatic heterocycles. The molecule has 0 spiro atoms. The molecular formula is C13H17ClN4O2S. The molecule has 0 radical (unpaired) electrons. The van der Waals surface area contributed by atoms with Crippen LogP contribution in [0.5, 0.6) is 0 Å². The minimum absolute atomic E-state index is 0.234. The molecule has 2 N–H and O–H groups in total. The quantitative estimate of drug-likeness (QED) is 0.756. The van der Waals surface area contributed by atoms with Crippen molar-refractivity contribution in [1.82, 2.24) is 20.1 Å². The van der Waals surface area contributed by atoms with E-state index in [2.05, 4.69) is 15.5 Å². The van der Waals surface area contributed by atoms with Gasteiger partial charge in [-0.2, -0.15) is 0 Å². The molecule has 1 aromatic heterocycles. The molecule has 0 unspecified atom stereocenters. The molecule has 8 heteroatoms. The van der Waals surface area contributed by atoms with E-state index in [1.807, 2.05) is 18.2 Å². The summed E-state index contributed by atoms with van der Waals surface area (Å²) in [5.41, 5.74) is 0.788. The lowest BCUT2D eigenvalue weighted by Gasteiger charge is -2.08. The van der Waals surface area contributed by atoms with Crippen LogP contribution in [0.1, 0.15) is 5.56 Å². The first-order chi connectivity index (χ1) is 10.1. The van der Waals surface area contributed by atoms with Gasteiger partial charge in [0.05, 0.1) is 6.61 Å². The Labute approximate surface area is 131 Å². The topological polar surface area (TPSA) is 71.9 Å². The minimum Gasteiger partial charge on any atom is -0.383 e. The lowest BCUT2D eigenvalue weighted by Crippen LogP contribution is -2.18. The van der Waals surface area contributed by atoms with Gasteiger partial charge in [-0.1, -0.05) is 17.7 Å². The second-order valence-electron chi connectivity index (χ2n) is 4.40. The van der Waals surface area contributed by atoms with Gasteiger partial charge in [-0.3, -0.25) is 4.57 Å². The number of halogens is 1. The molecular weight excluding hydrogens is 312 g/mol. The molecule has 114 valence electrons. The Morgan fingerprint density at radius 2 is 2.33 bits per heavy atom. The first kappa shape index (κ1) is 16.1. The number of aromatic nitrogens is 3. The summed E-state index contributed by atoms with van der Waals surface area (Å²) in [4.78, 5) is 12.2. The fourth-order valence-electron chi connectivity index (χ4n) is 1.66. The van der Waals surface area contributed by atoms with E-state index in [1.165, 1.54) is 16.3 Å². The van der Waals surface area contributed by atoms with Gasteiger partial charge in [-0.25, -0.2) is 9.89 Å². The summed E-state index contributed by atoms with van der Waals surface area (Å²) in [7, 11) is 3.34. The zero-order valence-electron chi connectivity index (χ0n) is 11.9. The maximum Gasteiger partial charge on any atom is 0.343 e. The SMILES string of the molecule is COCCNCc1ccc(Sc2n[nH]c(=O)n2C)cc1Cl. The number of nitrogens with zero attached hydrogens (tertiary/aromatic N) is 2. The van der Waals surface area contributed by atoms with Gasteiger partial charge in [0.15, 0.2) is 5.16 Å². The summed E-state index contributed by atoms with van der Waals surface area (Å²) in [5.74, 6) is 0. The molecule has 0 aliphatic rings. The third kappa shape index (κ3) is 4.34. The molecule has 0 saturated carbocycles. The maximum atomic E-state index is 11.3. The Kier molecular flexibility index (Phi) is 5.86. The third-order valence-corrected chi connectivity index (χ3v) is 4.26. The lowest BCUT2D eigenvalue weighted by molar-refractivity contribution is 0.199. The Morgan fingerprint density at radius 1 is 1.52 bits per heavy atom. The van der Waals surface area contributed by atoms with Gasteiger partial charge in [0.2, 0.25) is 0 Å². The maximum absolute atomic E-state index is 11.3. The third-order valence-electron chi connectivity index (χ3n) is 2.87. The summed E-state index contributed by atoms with van der Waals surface area (Å²) >= 11 is 7.66. The Bertz CT molecular complexity index is 656. The van der Waals surface area contributed by atoms with Gasteiger partial charge in [0.1, 0.15) is 0 Å². The number of nitrogens with one attached hydrogen (secondary N) is 2. The highest BCUT2D eigenvalue weighted by Gasteiger charge is 2.08. The van der Waals surface area contributed by atoms with Gasteiger partial charge in [0.25, 0.3) is 0 Å². The standard InChI is InChI=1S/C13H17ClN4O2S/c1-18-12(19)16-17-13(18)21-10-4-3-9(11(14)7-10)8-15-5-6-20-2/h3-4,7,15H,5-6,8H2,1-2H3,(H,16,19). The second-order valence-corrected chi connectivity index (χ2v) is 5.84. The number of methoxy groups -OCH3 is 1.